The molecule has 1 heterocycles. The molecule has 1 aromatic rings. The van der Waals surface area contributed by atoms with Gasteiger partial charge in [0.1, 0.15) is 0 Å². The molecule has 2 rings (SSSR count). The van der Waals surface area contributed by atoms with E-state index in [2.05, 4.69) is 20.7 Å². The zero-order chi connectivity index (χ0) is 14.9. The lowest BCUT2D eigenvalue weighted by atomic mass is 9.86. The Bertz CT molecular complexity index is 437. The van der Waals surface area contributed by atoms with Gasteiger partial charge in [-0.05, 0) is 18.8 Å². The second kappa shape index (κ2) is 10.9. The molecule has 0 unspecified atom stereocenters. The summed E-state index contributed by atoms with van der Waals surface area (Å²) < 4.78 is 1.82. The minimum absolute atomic E-state index is 0. The molecule has 1 fully saturated rings. The van der Waals surface area contributed by atoms with Crippen molar-refractivity contribution in [2.24, 2.45) is 18.0 Å². The zero-order valence-corrected chi connectivity index (χ0v) is 16.2. The highest BCUT2D eigenvalue weighted by atomic mass is 127. The normalized spacial score (nSPS) is 16.2. The number of hydrogen-bond donors (Lipinski definition) is 2. The van der Waals surface area contributed by atoms with Crippen LogP contribution in [0.15, 0.2) is 17.4 Å². The van der Waals surface area contributed by atoms with E-state index in [1.54, 1.807) is 0 Å². The van der Waals surface area contributed by atoms with Crippen LogP contribution in [0.3, 0.4) is 0 Å². The molecule has 22 heavy (non-hydrogen) atoms. The van der Waals surface area contributed by atoms with Crippen molar-refractivity contribution in [2.75, 3.05) is 13.6 Å². The van der Waals surface area contributed by atoms with Gasteiger partial charge in [-0.1, -0.05) is 32.1 Å². The average molecular weight is 419 g/mol. The molecule has 0 aliphatic heterocycles. The smallest absolute Gasteiger partial charge is 0.191 e. The summed E-state index contributed by atoms with van der Waals surface area (Å²) in [6.07, 6.45) is 13.7. The van der Waals surface area contributed by atoms with E-state index in [0.717, 1.165) is 25.0 Å². The van der Waals surface area contributed by atoms with Crippen LogP contribution >= 0.6 is 24.0 Å². The van der Waals surface area contributed by atoms with Crippen molar-refractivity contribution in [3.05, 3.63) is 18.0 Å². The summed E-state index contributed by atoms with van der Waals surface area (Å²) in [6, 6.07) is 0. The van der Waals surface area contributed by atoms with E-state index in [1.807, 2.05) is 31.2 Å². The second-order valence-corrected chi connectivity index (χ2v) is 6.02. The van der Waals surface area contributed by atoms with Crippen molar-refractivity contribution in [3.8, 4) is 0 Å². The number of nitrogens with zero attached hydrogens (tertiary/aromatic N) is 3. The highest BCUT2D eigenvalue weighted by Crippen LogP contribution is 2.26. The molecule has 0 saturated heterocycles. The predicted octanol–water partition coefficient (Wildman–Crippen LogP) is 3.06. The molecule has 0 spiro atoms. The summed E-state index contributed by atoms with van der Waals surface area (Å²) in [5.41, 5.74) is 1.17. The number of aliphatic imine (C=N–C) groups is 1. The van der Waals surface area contributed by atoms with Crippen molar-refractivity contribution in [3.63, 3.8) is 0 Å². The van der Waals surface area contributed by atoms with E-state index in [-0.39, 0.29) is 24.0 Å². The van der Waals surface area contributed by atoms with Crippen molar-refractivity contribution >= 4 is 29.9 Å². The SMILES string of the molecule is CN=C(NCCCC1CCCCC1)NCc1cnn(C)c1.I. The highest BCUT2D eigenvalue weighted by molar-refractivity contribution is 14.0. The Morgan fingerprint density at radius 2 is 2.09 bits per heavy atom. The van der Waals surface area contributed by atoms with E-state index < -0.39 is 0 Å². The van der Waals surface area contributed by atoms with Crippen molar-refractivity contribution < 1.29 is 0 Å². The maximum absolute atomic E-state index is 4.26. The van der Waals surface area contributed by atoms with Gasteiger partial charge in [-0.3, -0.25) is 9.67 Å². The van der Waals surface area contributed by atoms with E-state index in [0.29, 0.717) is 0 Å². The standard InChI is InChI=1S/C16H29N5.HI/c1-17-16(19-11-15-12-20-21(2)13-15)18-10-6-9-14-7-4-3-5-8-14;/h12-14H,3-11H2,1-2H3,(H2,17,18,19);1H. The third-order valence-electron chi connectivity index (χ3n) is 4.25. The minimum Gasteiger partial charge on any atom is -0.356 e. The van der Waals surface area contributed by atoms with Gasteiger partial charge in [-0.25, -0.2) is 0 Å². The first-order chi connectivity index (χ1) is 10.3. The summed E-state index contributed by atoms with van der Waals surface area (Å²) in [4.78, 5) is 4.26. The lowest BCUT2D eigenvalue weighted by molar-refractivity contribution is 0.332. The van der Waals surface area contributed by atoms with E-state index in [4.69, 9.17) is 0 Å². The molecule has 1 aromatic heterocycles. The monoisotopic (exact) mass is 419 g/mol. The molecular formula is C16H30IN5. The zero-order valence-electron chi connectivity index (χ0n) is 13.8. The molecule has 6 heteroatoms. The number of rotatable bonds is 6. The molecule has 0 bridgehead atoms. The minimum atomic E-state index is 0. The van der Waals surface area contributed by atoms with Crippen LogP contribution in [-0.2, 0) is 13.6 Å². The quantitative estimate of drug-likeness (QED) is 0.323. The summed E-state index contributed by atoms with van der Waals surface area (Å²) in [5, 5.41) is 10.9. The number of guanidine groups is 1. The Morgan fingerprint density at radius 3 is 2.73 bits per heavy atom. The van der Waals surface area contributed by atoms with Crippen LogP contribution < -0.4 is 10.6 Å². The predicted molar refractivity (Wildman–Crippen MR) is 103 cm³/mol. The molecule has 0 atom stereocenters. The van der Waals surface area contributed by atoms with E-state index in [9.17, 15) is 0 Å². The Labute approximate surface area is 151 Å². The van der Waals surface area contributed by atoms with Gasteiger partial charge in [-0.15, -0.1) is 24.0 Å². The lowest BCUT2D eigenvalue weighted by Gasteiger charge is -2.21. The van der Waals surface area contributed by atoms with Crippen LogP contribution in [0.4, 0.5) is 0 Å². The number of hydrogen-bond acceptors (Lipinski definition) is 2. The molecular weight excluding hydrogens is 389 g/mol. The van der Waals surface area contributed by atoms with Crippen LogP contribution in [0.5, 0.6) is 0 Å². The van der Waals surface area contributed by atoms with Crippen LogP contribution in [0.1, 0.15) is 50.5 Å². The molecule has 1 saturated carbocycles. The topological polar surface area (TPSA) is 54.2 Å². The Balaban J connectivity index is 0.00000242. The van der Waals surface area contributed by atoms with Gasteiger partial charge in [0.05, 0.1) is 6.20 Å². The van der Waals surface area contributed by atoms with Gasteiger partial charge >= 0.3 is 0 Å². The third-order valence-corrected chi connectivity index (χ3v) is 4.25. The number of aryl methyl sites for hydroxylation is 1. The van der Waals surface area contributed by atoms with Crippen LogP contribution in [0.25, 0.3) is 0 Å². The molecule has 1 aliphatic carbocycles. The van der Waals surface area contributed by atoms with Crippen LogP contribution in [-0.4, -0.2) is 29.3 Å². The van der Waals surface area contributed by atoms with Gasteiger partial charge in [0.15, 0.2) is 5.96 Å². The van der Waals surface area contributed by atoms with Gasteiger partial charge in [0.25, 0.3) is 0 Å². The number of halogens is 1. The summed E-state index contributed by atoms with van der Waals surface area (Å²) in [5.74, 6) is 1.84. The fourth-order valence-electron chi connectivity index (χ4n) is 3.04. The molecule has 1 aliphatic rings. The fraction of sp³-hybridized carbons (Fsp3) is 0.750. The third kappa shape index (κ3) is 6.98. The first kappa shape index (κ1) is 19.3. The summed E-state index contributed by atoms with van der Waals surface area (Å²) >= 11 is 0. The lowest BCUT2D eigenvalue weighted by Crippen LogP contribution is -2.37. The molecule has 0 aromatic carbocycles. The van der Waals surface area contributed by atoms with Gasteiger partial charge in [0.2, 0.25) is 0 Å². The van der Waals surface area contributed by atoms with Crippen molar-refractivity contribution in [1.82, 2.24) is 20.4 Å². The van der Waals surface area contributed by atoms with E-state index >= 15 is 0 Å². The molecule has 126 valence electrons. The first-order valence-electron chi connectivity index (χ1n) is 8.20. The molecule has 0 amide bonds. The van der Waals surface area contributed by atoms with Crippen molar-refractivity contribution in [1.29, 1.82) is 0 Å². The summed E-state index contributed by atoms with van der Waals surface area (Å²) in [6.45, 7) is 1.76. The van der Waals surface area contributed by atoms with E-state index in [1.165, 1.54) is 50.5 Å². The largest absolute Gasteiger partial charge is 0.356 e. The number of nitrogens with one attached hydrogen (secondary N) is 2. The van der Waals surface area contributed by atoms with Crippen LogP contribution in [0, 0.1) is 5.92 Å². The second-order valence-electron chi connectivity index (χ2n) is 6.02. The Kier molecular flexibility index (Phi) is 9.50. The maximum atomic E-state index is 4.26. The fourth-order valence-corrected chi connectivity index (χ4v) is 3.04. The maximum Gasteiger partial charge on any atom is 0.191 e. The molecule has 5 nitrogen and oxygen atoms in total. The number of aromatic nitrogens is 2. The molecule has 2 N–H and O–H groups in total. The Hall–Kier alpha value is -0.790. The van der Waals surface area contributed by atoms with Crippen molar-refractivity contribution in [2.45, 2.75) is 51.5 Å². The van der Waals surface area contributed by atoms with Gasteiger partial charge in [0, 0.05) is 38.9 Å². The highest BCUT2D eigenvalue weighted by Gasteiger charge is 2.12. The van der Waals surface area contributed by atoms with Crippen LogP contribution in [0.2, 0.25) is 0 Å². The van der Waals surface area contributed by atoms with Gasteiger partial charge < -0.3 is 10.6 Å². The summed E-state index contributed by atoms with van der Waals surface area (Å²) in [7, 11) is 3.75. The average Bonchev–Trinajstić information content (AvgIpc) is 2.93. The molecule has 0 radical (unpaired) electrons. The van der Waals surface area contributed by atoms with Gasteiger partial charge in [-0.2, -0.15) is 5.10 Å². The first-order valence-corrected chi connectivity index (χ1v) is 8.20. The Morgan fingerprint density at radius 1 is 1.32 bits per heavy atom.